The first-order valence-corrected chi connectivity index (χ1v) is 7.84. The van der Waals surface area contributed by atoms with Crippen LogP contribution in [0, 0.1) is 29.1 Å². The zero-order valence-electron chi connectivity index (χ0n) is 12.4. The van der Waals surface area contributed by atoms with E-state index < -0.39 is 5.60 Å². The van der Waals surface area contributed by atoms with Crippen molar-refractivity contribution >= 4 is 5.71 Å². The fourth-order valence-electron chi connectivity index (χ4n) is 5.53. The van der Waals surface area contributed by atoms with E-state index in [1.807, 2.05) is 6.92 Å². The van der Waals surface area contributed by atoms with Gasteiger partial charge in [-0.1, -0.05) is 19.0 Å². The molecule has 0 aromatic rings. The minimum absolute atomic E-state index is 0.0990. The standard InChI is InChI=1S/C16H27NO2/c1-10-11-6-8-15(2)13(7-9-16(15,3)18)12(11)4-5-14(10)17-19/h10-13,18-19H,4-9H2,1-3H3/b17-14-/t10-,11+,12+,13-,15-,16-/m0/s1. The summed E-state index contributed by atoms with van der Waals surface area (Å²) in [5, 5.41) is 23.4. The molecule has 0 aliphatic heterocycles. The van der Waals surface area contributed by atoms with E-state index in [1.54, 1.807) is 0 Å². The highest BCUT2D eigenvalue weighted by Crippen LogP contribution is 2.63. The SMILES string of the molecule is C[C@@H]1/C(=N\O)CC[C@@H]2[C@@H]1CC[C@@]1(C)[C@H]2CC[C@]1(C)O. The Morgan fingerprint density at radius 2 is 1.84 bits per heavy atom. The number of hydrogen-bond acceptors (Lipinski definition) is 3. The third-order valence-electron chi connectivity index (χ3n) is 7.08. The third kappa shape index (κ3) is 1.70. The molecule has 3 fully saturated rings. The summed E-state index contributed by atoms with van der Waals surface area (Å²) in [6, 6.07) is 0. The molecule has 6 atom stereocenters. The first-order valence-electron chi connectivity index (χ1n) is 7.84. The summed E-state index contributed by atoms with van der Waals surface area (Å²) in [7, 11) is 0. The van der Waals surface area contributed by atoms with Gasteiger partial charge in [-0.2, -0.15) is 0 Å². The van der Waals surface area contributed by atoms with Gasteiger partial charge in [0.05, 0.1) is 11.3 Å². The van der Waals surface area contributed by atoms with Crippen molar-refractivity contribution in [3.8, 4) is 0 Å². The van der Waals surface area contributed by atoms with E-state index in [0.717, 1.165) is 31.4 Å². The molecule has 0 saturated heterocycles. The van der Waals surface area contributed by atoms with E-state index in [4.69, 9.17) is 5.21 Å². The number of fused-ring (bicyclic) bond motifs is 3. The zero-order chi connectivity index (χ0) is 13.8. The second-order valence-corrected chi connectivity index (χ2v) is 7.62. The molecule has 2 N–H and O–H groups in total. The van der Waals surface area contributed by atoms with Crippen molar-refractivity contribution < 1.29 is 10.3 Å². The van der Waals surface area contributed by atoms with Gasteiger partial charge in [0.15, 0.2) is 0 Å². The van der Waals surface area contributed by atoms with E-state index >= 15 is 0 Å². The van der Waals surface area contributed by atoms with Crippen molar-refractivity contribution in [2.24, 2.45) is 34.2 Å². The summed E-state index contributed by atoms with van der Waals surface area (Å²) in [6.07, 6.45) is 6.50. The Bertz CT molecular complexity index is 404. The van der Waals surface area contributed by atoms with E-state index in [2.05, 4.69) is 19.0 Å². The lowest BCUT2D eigenvalue weighted by Crippen LogP contribution is -2.51. The summed E-state index contributed by atoms with van der Waals surface area (Å²) in [6.45, 7) is 6.57. The fourth-order valence-corrected chi connectivity index (χ4v) is 5.53. The first-order chi connectivity index (χ1) is 8.90. The van der Waals surface area contributed by atoms with Gasteiger partial charge < -0.3 is 10.3 Å². The first kappa shape index (κ1) is 13.4. The number of rotatable bonds is 0. The molecule has 3 rings (SSSR count). The van der Waals surface area contributed by atoms with Crippen molar-refractivity contribution in [1.82, 2.24) is 0 Å². The van der Waals surface area contributed by atoms with Crippen LogP contribution in [0.5, 0.6) is 0 Å². The van der Waals surface area contributed by atoms with Crippen LogP contribution in [-0.4, -0.2) is 21.6 Å². The van der Waals surface area contributed by atoms with Gasteiger partial charge in [-0.3, -0.25) is 0 Å². The smallest absolute Gasteiger partial charge is 0.0675 e. The van der Waals surface area contributed by atoms with Crippen molar-refractivity contribution in [3.63, 3.8) is 0 Å². The maximum Gasteiger partial charge on any atom is 0.0675 e. The molecule has 3 saturated carbocycles. The van der Waals surface area contributed by atoms with Gasteiger partial charge in [-0.15, -0.1) is 0 Å². The van der Waals surface area contributed by atoms with Crippen LogP contribution in [0.3, 0.4) is 0 Å². The van der Waals surface area contributed by atoms with E-state index in [-0.39, 0.29) is 5.41 Å². The molecule has 0 bridgehead atoms. The summed E-state index contributed by atoms with van der Waals surface area (Å²) >= 11 is 0. The molecule has 3 nitrogen and oxygen atoms in total. The number of aliphatic hydroxyl groups is 1. The van der Waals surface area contributed by atoms with Crippen LogP contribution in [0.4, 0.5) is 0 Å². The van der Waals surface area contributed by atoms with Gasteiger partial charge in [0.1, 0.15) is 0 Å². The van der Waals surface area contributed by atoms with Crippen LogP contribution in [0.1, 0.15) is 59.3 Å². The highest BCUT2D eigenvalue weighted by molar-refractivity contribution is 5.87. The minimum Gasteiger partial charge on any atom is -0.411 e. The molecule has 108 valence electrons. The summed E-state index contributed by atoms with van der Waals surface area (Å²) in [5.41, 5.74) is 0.605. The molecule has 0 heterocycles. The average molecular weight is 265 g/mol. The molecular weight excluding hydrogens is 238 g/mol. The molecule has 0 spiro atoms. The monoisotopic (exact) mass is 265 g/mol. The van der Waals surface area contributed by atoms with Crippen molar-refractivity contribution in [2.75, 3.05) is 0 Å². The summed E-state index contributed by atoms with van der Waals surface area (Å²) in [5.74, 6) is 2.45. The van der Waals surface area contributed by atoms with Crippen LogP contribution in [0.15, 0.2) is 5.16 Å². The number of hydrogen-bond donors (Lipinski definition) is 2. The molecular formula is C16H27NO2. The number of nitrogens with zero attached hydrogens (tertiary/aromatic N) is 1. The van der Waals surface area contributed by atoms with Crippen molar-refractivity contribution in [3.05, 3.63) is 0 Å². The van der Waals surface area contributed by atoms with Crippen LogP contribution in [0.25, 0.3) is 0 Å². The maximum absolute atomic E-state index is 10.7. The van der Waals surface area contributed by atoms with E-state index in [1.165, 1.54) is 12.8 Å². The van der Waals surface area contributed by atoms with Crippen molar-refractivity contribution in [1.29, 1.82) is 0 Å². The Morgan fingerprint density at radius 3 is 2.53 bits per heavy atom. The van der Waals surface area contributed by atoms with Gasteiger partial charge >= 0.3 is 0 Å². The summed E-state index contributed by atoms with van der Waals surface area (Å²) < 4.78 is 0. The largest absolute Gasteiger partial charge is 0.411 e. The van der Waals surface area contributed by atoms with Gasteiger partial charge in [0.25, 0.3) is 0 Å². The topological polar surface area (TPSA) is 52.8 Å². The van der Waals surface area contributed by atoms with E-state index in [9.17, 15) is 5.11 Å². The predicted octanol–water partition coefficient (Wildman–Crippen LogP) is 3.44. The van der Waals surface area contributed by atoms with Crippen LogP contribution >= 0.6 is 0 Å². The molecule has 0 unspecified atom stereocenters. The van der Waals surface area contributed by atoms with Gasteiger partial charge in [-0.05, 0) is 68.6 Å². The van der Waals surface area contributed by atoms with Gasteiger partial charge in [0.2, 0.25) is 0 Å². The Hall–Kier alpha value is -0.570. The highest BCUT2D eigenvalue weighted by atomic mass is 16.4. The lowest BCUT2D eigenvalue weighted by atomic mass is 9.52. The molecule has 0 amide bonds. The normalized spacial score (nSPS) is 55.9. The Balaban J connectivity index is 1.89. The summed E-state index contributed by atoms with van der Waals surface area (Å²) in [4.78, 5) is 0. The lowest BCUT2D eigenvalue weighted by molar-refractivity contribution is -0.102. The van der Waals surface area contributed by atoms with Gasteiger partial charge in [-0.25, -0.2) is 0 Å². The molecule has 0 radical (unpaired) electrons. The Labute approximate surface area is 116 Å². The number of oxime groups is 1. The molecule has 3 aliphatic rings. The molecule has 3 aliphatic carbocycles. The van der Waals surface area contributed by atoms with Crippen LogP contribution in [0.2, 0.25) is 0 Å². The molecule has 0 aromatic carbocycles. The maximum atomic E-state index is 10.7. The Morgan fingerprint density at radius 1 is 1.11 bits per heavy atom. The highest BCUT2D eigenvalue weighted by Gasteiger charge is 2.60. The molecule has 3 heteroatoms. The molecule has 19 heavy (non-hydrogen) atoms. The quantitative estimate of drug-likeness (QED) is 0.521. The molecule has 0 aromatic heterocycles. The lowest BCUT2D eigenvalue weighted by Gasteiger charge is -2.53. The second kappa shape index (κ2) is 4.21. The third-order valence-corrected chi connectivity index (χ3v) is 7.08. The average Bonchev–Trinajstić information content (AvgIpc) is 2.61. The minimum atomic E-state index is -0.489. The second-order valence-electron chi connectivity index (χ2n) is 7.62. The zero-order valence-corrected chi connectivity index (χ0v) is 12.4. The van der Waals surface area contributed by atoms with Crippen LogP contribution in [-0.2, 0) is 0 Å². The van der Waals surface area contributed by atoms with Crippen LogP contribution < -0.4 is 0 Å². The fraction of sp³-hybridized carbons (Fsp3) is 0.938. The van der Waals surface area contributed by atoms with Gasteiger partial charge in [0, 0.05) is 5.92 Å². The predicted molar refractivity (Wildman–Crippen MR) is 75.3 cm³/mol. The Kier molecular flexibility index (Phi) is 2.97. The van der Waals surface area contributed by atoms with E-state index in [0.29, 0.717) is 23.7 Å². The van der Waals surface area contributed by atoms with Crippen molar-refractivity contribution in [2.45, 2.75) is 64.9 Å².